The van der Waals surface area contributed by atoms with E-state index in [1.165, 1.54) is 31.2 Å². The molecular formula is C19H13F3INO3S. The minimum absolute atomic E-state index is 0.0320. The quantitative estimate of drug-likeness (QED) is 0.363. The standard InChI is InChI=1S/C19H13F3INO3S/c1-10-15(18(25)19(20,21)22)16(13-4-3-5-14(23)17(13)24-10)11-6-8-12(9-7-11)28(2,26)27/h3-9H,1-2H3. The van der Waals surface area contributed by atoms with E-state index in [1.807, 2.05) is 22.6 Å². The van der Waals surface area contributed by atoms with Crippen molar-refractivity contribution in [1.82, 2.24) is 4.98 Å². The van der Waals surface area contributed by atoms with Crippen molar-refractivity contribution in [2.45, 2.75) is 18.0 Å². The number of nitrogens with zero attached hydrogens (tertiary/aromatic N) is 1. The summed E-state index contributed by atoms with van der Waals surface area (Å²) in [5.74, 6) is -1.99. The molecular weight excluding hydrogens is 506 g/mol. The van der Waals surface area contributed by atoms with Gasteiger partial charge in [-0.3, -0.25) is 9.78 Å². The molecule has 1 heterocycles. The molecule has 0 amide bonds. The van der Waals surface area contributed by atoms with E-state index in [0.29, 0.717) is 16.5 Å². The Hall–Kier alpha value is -2.01. The second kappa shape index (κ2) is 7.11. The maximum atomic E-state index is 13.3. The number of sulfone groups is 1. The number of alkyl halides is 3. The van der Waals surface area contributed by atoms with Crippen molar-refractivity contribution >= 4 is 49.1 Å². The van der Waals surface area contributed by atoms with Crippen LogP contribution in [0.4, 0.5) is 13.2 Å². The average molecular weight is 519 g/mol. The van der Waals surface area contributed by atoms with Gasteiger partial charge in [0.1, 0.15) is 0 Å². The fourth-order valence-corrected chi connectivity index (χ4v) is 4.21. The van der Waals surface area contributed by atoms with E-state index >= 15 is 0 Å². The number of benzene rings is 2. The zero-order valence-corrected chi connectivity index (χ0v) is 17.6. The van der Waals surface area contributed by atoms with Gasteiger partial charge in [-0.2, -0.15) is 13.2 Å². The predicted molar refractivity (Wildman–Crippen MR) is 108 cm³/mol. The van der Waals surface area contributed by atoms with E-state index in [-0.39, 0.29) is 16.2 Å². The van der Waals surface area contributed by atoms with Gasteiger partial charge in [0.15, 0.2) is 9.84 Å². The van der Waals surface area contributed by atoms with E-state index < -0.39 is 27.4 Å². The molecule has 0 aliphatic heterocycles. The Kier molecular flexibility index (Phi) is 5.26. The van der Waals surface area contributed by atoms with Gasteiger partial charge in [0.2, 0.25) is 0 Å². The fraction of sp³-hybridized carbons (Fsp3) is 0.158. The fourth-order valence-electron chi connectivity index (χ4n) is 2.96. The maximum absolute atomic E-state index is 13.3. The summed E-state index contributed by atoms with van der Waals surface area (Å²) in [7, 11) is -3.47. The predicted octanol–water partition coefficient (Wildman–Crippen LogP) is 4.96. The summed E-state index contributed by atoms with van der Waals surface area (Å²) in [5, 5.41) is 0.386. The number of Topliss-reactive ketones (excluding diaryl/α,β-unsaturated/α-hetero) is 1. The lowest BCUT2D eigenvalue weighted by Crippen LogP contribution is -2.25. The Balaban J connectivity index is 2.42. The van der Waals surface area contributed by atoms with Crippen LogP contribution in [0.3, 0.4) is 0 Å². The van der Waals surface area contributed by atoms with Crippen molar-refractivity contribution in [3.05, 3.63) is 57.3 Å². The molecule has 0 N–H and O–H groups in total. The molecule has 4 nitrogen and oxygen atoms in total. The first-order chi connectivity index (χ1) is 12.9. The van der Waals surface area contributed by atoms with Crippen LogP contribution < -0.4 is 0 Å². The lowest BCUT2D eigenvalue weighted by molar-refractivity contribution is -0.0885. The Morgan fingerprint density at radius 2 is 1.68 bits per heavy atom. The number of hydrogen-bond acceptors (Lipinski definition) is 4. The number of aryl methyl sites for hydroxylation is 1. The Morgan fingerprint density at radius 3 is 2.21 bits per heavy atom. The molecule has 3 aromatic rings. The third-order valence-electron chi connectivity index (χ3n) is 4.20. The molecule has 0 spiro atoms. The summed E-state index contributed by atoms with van der Waals surface area (Å²) in [6.07, 6.45) is -4.03. The summed E-state index contributed by atoms with van der Waals surface area (Å²) in [5.41, 5.74) is 0.289. The van der Waals surface area contributed by atoms with Crippen LogP contribution in [-0.2, 0) is 9.84 Å². The van der Waals surface area contributed by atoms with Gasteiger partial charge in [0.25, 0.3) is 5.78 Å². The Morgan fingerprint density at radius 1 is 1.07 bits per heavy atom. The third kappa shape index (κ3) is 3.77. The van der Waals surface area contributed by atoms with Crippen molar-refractivity contribution in [1.29, 1.82) is 0 Å². The first kappa shape index (κ1) is 20.7. The molecule has 2 aromatic carbocycles. The van der Waals surface area contributed by atoms with Crippen LogP contribution in [0.25, 0.3) is 22.0 Å². The number of ketones is 1. The molecule has 146 valence electrons. The number of fused-ring (bicyclic) bond motifs is 1. The van der Waals surface area contributed by atoms with Gasteiger partial charge in [0.05, 0.1) is 16.0 Å². The van der Waals surface area contributed by atoms with E-state index in [0.717, 1.165) is 9.83 Å². The Bertz CT molecular complexity index is 1200. The van der Waals surface area contributed by atoms with E-state index in [4.69, 9.17) is 0 Å². The number of hydrogen-bond donors (Lipinski definition) is 0. The smallest absolute Gasteiger partial charge is 0.284 e. The highest BCUT2D eigenvalue weighted by molar-refractivity contribution is 14.1. The van der Waals surface area contributed by atoms with Gasteiger partial charge in [-0.05, 0) is 53.3 Å². The van der Waals surface area contributed by atoms with Gasteiger partial charge in [-0.1, -0.05) is 24.3 Å². The number of aromatic nitrogens is 1. The number of rotatable bonds is 3. The zero-order chi connectivity index (χ0) is 20.9. The molecule has 0 bridgehead atoms. The minimum Gasteiger partial charge on any atom is -0.284 e. The van der Waals surface area contributed by atoms with E-state index in [9.17, 15) is 26.4 Å². The second-order valence-electron chi connectivity index (χ2n) is 6.21. The summed E-state index contributed by atoms with van der Waals surface area (Å²) >= 11 is 2.02. The minimum atomic E-state index is -5.07. The molecule has 9 heteroatoms. The number of halogens is 4. The lowest BCUT2D eigenvalue weighted by atomic mass is 9.92. The van der Waals surface area contributed by atoms with Crippen LogP contribution in [-0.4, -0.2) is 31.6 Å². The van der Waals surface area contributed by atoms with Crippen molar-refractivity contribution in [2.24, 2.45) is 0 Å². The molecule has 0 radical (unpaired) electrons. The molecule has 3 rings (SSSR count). The van der Waals surface area contributed by atoms with E-state index in [1.54, 1.807) is 18.2 Å². The summed E-state index contributed by atoms with van der Waals surface area (Å²) in [6, 6.07) is 10.4. The highest BCUT2D eigenvalue weighted by Crippen LogP contribution is 2.37. The summed E-state index contributed by atoms with van der Waals surface area (Å²) < 4.78 is 63.8. The summed E-state index contributed by atoms with van der Waals surface area (Å²) in [4.78, 5) is 16.4. The van der Waals surface area contributed by atoms with Crippen molar-refractivity contribution in [3.63, 3.8) is 0 Å². The summed E-state index contributed by atoms with van der Waals surface area (Å²) in [6.45, 7) is 1.36. The van der Waals surface area contributed by atoms with Crippen LogP contribution in [0.2, 0.25) is 0 Å². The zero-order valence-electron chi connectivity index (χ0n) is 14.6. The molecule has 0 atom stereocenters. The molecule has 0 saturated carbocycles. The first-order valence-electron chi connectivity index (χ1n) is 7.92. The Labute approximate surface area is 172 Å². The van der Waals surface area contributed by atoms with Gasteiger partial charge in [-0.25, -0.2) is 8.42 Å². The van der Waals surface area contributed by atoms with Gasteiger partial charge < -0.3 is 0 Å². The maximum Gasteiger partial charge on any atom is 0.454 e. The highest BCUT2D eigenvalue weighted by Gasteiger charge is 2.42. The van der Waals surface area contributed by atoms with Gasteiger partial charge in [0, 0.05) is 26.5 Å². The van der Waals surface area contributed by atoms with Crippen molar-refractivity contribution in [2.75, 3.05) is 6.26 Å². The van der Waals surface area contributed by atoms with Crippen LogP contribution >= 0.6 is 22.6 Å². The normalized spacial score (nSPS) is 12.4. The second-order valence-corrected chi connectivity index (χ2v) is 9.38. The first-order valence-corrected chi connectivity index (χ1v) is 10.9. The van der Waals surface area contributed by atoms with Crippen molar-refractivity contribution < 1.29 is 26.4 Å². The topological polar surface area (TPSA) is 64.1 Å². The molecule has 0 fully saturated rings. The number of para-hydroxylation sites is 1. The molecule has 0 aliphatic carbocycles. The van der Waals surface area contributed by atoms with E-state index in [2.05, 4.69) is 4.98 Å². The third-order valence-corrected chi connectivity index (χ3v) is 6.20. The number of carbonyl (C=O) groups is 1. The molecule has 0 unspecified atom stereocenters. The monoisotopic (exact) mass is 519 g/mol. The van der Waals surface area contributed by atoms with Crippen LogP contribution in [0.1, 0.15) is 16.1 Å². The van der Waals surface area contributed by atoms with Crippen LogP contribution in [0, 0.1) is 10.5 Å². The highest BCUT2D eigenvalue weighted by atomic mass is 127. The van der Waals surface area contributed by atoms with Gasteiger partial charge >= 0.3 is 6.18 Å². The number of carbonyl (C=O) groups excluding carboxylic acids is 1. The molecule has 28 heavy (non-hydrogen) atoms. The molecule has 0 saturated heterocycles. The van der Waals surface area contributed by atoms with Gasteiger partial charge in [-0.15, -0.1) is 0 Å². The van der Waals surface area contributed by atoms with Crippen LogP contribution in [0.15, 0.2) is 47.4 Å². The molecule has 1 aromatic heterocycles. The lowest BCUT2D eigenvalue weighted by Gasteiger charge is -2.17. The SMILES string of the molecule is Cc1nc2c(I)cccc2c(-c2ccc(S(C)(=O)=O)cc2)c1C(=O)C(F)(F)F. The van der Waals surface area contributed by atoms with Crippen molar-refractivity contribution in [3.8, 4) is 11.1 Å². The van der Waals surface area contributed by atoms with Crippen LogP contribution in [0.5, 0.6) is 0 Å². The molecule has 0 aliphatic rings. The largest absolute Gasteiger partial charge is 0.454 e. The average Bonchev–Trinajstić information content (AvgIpc) is 2.59. The number of pyridine rings is 1.